The summed E-state index contributed by atoms with van der Waals surface area (Å²) in [7, 11) is 0.745. The first-order valence-electron chi connectivity index (χ1n) is 7.40. The quantitative estimate of drug-likeness (QED) is 0.431. The van der Waals surface area contributed by atoms with E-state index in [0.717, 1.165) is 11.2 Å². The van der Waals surface area contributed by atoms with E-state index in [1.807, 2.05) is 17.9 Å². The van der Waals surface area contributed by atoms with Crippen LogP contribution < -0.4 is 5.56 Å². The third-order valence-corrected chi connectivity index (χ3v) is 5.78. The molecular weight excluding hydrogens is 330 g/mol. The lowest BCUT2D eigenvalue weighted by molar-refractivity contribution is 0.0750. The molecule has 2 aromatic heterocycles. The van der Waals surface area contributed by atoms with Gasteiger partial charge in [-0.1, -0.05) is 31.4 Å². The molecule has 126 valence electrons. The molecule has 0 bridgehead atoms. The fraction of sp³-hybridized carbons (Fsp3) is 0.571. The van der Waals surface area contributed by atoms with Crippen LogP contribution in [0.5, 0.6) is 0 Å². The van der Waals surface area contributed by atoms with Gasteiger partial charge in [-0.15, -0.1) is 10.2 Å². The van der Waals surface area contributed by atoms with Gasteiger partial charge >= 0.3 is 0 Å². The van der Waals surface area contributed by atoms with Gasteiger partial charge in [0, 0.05) is 33.4 Å². The van der Waals surface area contributed by atoms with E-state index < -0.39 is 8.07 Å². The molecule has 0 aromatic carbocycles. The van der Waals surface area contributed by atoms with Crippen molar-refractivity contribution in [3.8, 4) is 11.4 Å². The standard InChI is InChI=1S/C14H23N5O2SSi/c1-18-13(16-17-14(18)22-2)11-8-12(20)19(15-9-11)10-21-6-7-23(3,4)5/h8-9H,6-7,10H2,1-5H3. The average molecular weight is 354 g/mol. The summed E-state index contributed by atoms with van der Waals surface area (Å²) in [5, 5.41) is 13.1. The molecule has 0 radical (unpaired) electrons. The van der Waals surface area contributed by atoms with Crippen LogP contribution in [0.1, 0.15) is 0 Å². The summed E-state index contributed by atoms with van der Waals surface area (Å²) >= 11 is 1.50. The Bertz CT molecular complexity index is 723. The van der Waals surface area contributed by atoms with Crippen molar-refractivity contribution in [2.75, 3.05) is 12.9 Å². The summed E-state index contributed by atoms with van der Waals surface area (Å²) < 4.78 is 8.73. The highest BCUT2D eigenvalue weighted by atomic mass is 32.2. The van der Waals surface area contributed by atoms with Crippen LogP contribution in [-0.4, -0.2) is 45.5 Å². The van der Waals surface area contributed by atoms with E-state index in [2.05, 4.69) is 34.9 Å². The first kappa shape index (κ1) is 17.9. The third-order valence-electron chi connectivity index (χ3n) is 3.36. The molecule has 2 aromatic rings. The first-order valence-corrected chi connectivity index (χ1v) is 12.3. The monoisotopic (exact) mass is 353 g/mol. The normalized spacial score (nSPS) is 11.9. The summed E-state index contributed by atoms with van der Waals surface area (Å²) in [4.78, 5) is 12.2. The maximum atomic E-state index is 12.2. The molecule has 23 heavy (non-hydrogen) atoms. The lowest BCUT2D eigenvalue weighted by Crippen LogP contribution is -2.26. The van der Waals surface area contributed by atoms with E-state index in [9.17, 15) is 4.79 Å². The van der Waals surface area contributed by atoms with Crippen LogP contribution in [0.3, 0.4) is 0 Å². The Labute approximate surface area is 141 Å². The number of aromatic nitrogens is 5. The van der Waals surface area contributed by atoms with Gasteiger partial charge in [-0.25, -0.2) is 4.68 Å². The Hall–Kier alpha value is -1.45. The van der Waals surface area contributed by atoms with Gasteiger partial charge in [-0.3, -0.25) is 4.79 Å². The van der Waals surface area contributed by atoms with Crippen LogP contribution in [-0.2, 0) is 18.5 Å². The topological polar surface area (TPSA) is 74.8 Å². The Morgan fingerprint density at radius 1 is 1.30 bits per heavy atom. The number of ether oxygens (including phenoxy) is 1. The second-order valence-electron chi connectivity index (χ2n) is 6.50. The van der Waals surface area contributed by atoms with Gasteiger partial charge in [0.2, 0.25) is 0 Å². The van der Waals surface area contributed by atoms with E-state index in [0.29, 0.717) is 18.0 Å². The van der Waals surface area contributed by atoms with Crippen molar-refractivity contribution in [1.29, 1.82) is 0 Å². The number of hydrogen-bond acceptors (Lipinski definition) is 6. The highest BCUT2D eigenvalue weighted by Gasteiger charge is 2.13. The van der Waals surface area contributed by atoms with Gasteiger partial charge < -0.3 is 9.30 Å². The molecule has 0 aliphatic rings. The second kappa shape index (κ2) is 7.41. The van der Waals surface area contributed by atoms with Crippen LogP contribution >= 0.6 is 11.8 Å². The fourth-order valence-electron chi connectivity index (χ4n) is 1.93. The minimum atomic E-state index is -1.12. The van der Waals surface area contributed by atoms with Crippen molar-refractivity contribution < 1.29 is 4.74 Å². The second-order valence-corrected chi connectivity index (χ2v) is 12.9. The molecule has 9 heteroatoms. The van der Waals surface area contributed by atoms with Crippen molar-refractivity contribution in [3.63, 3.8) is 0 Å². The maximum Gasteiger partial charge on any atom is 0.269 e. The van der Waals surface area contributed by atoms with Gasteiger partial charge in [0.15, 0.2) is 11.0 Å². The van der Waals surface area contributed by atoms with Crippen LogP contribution in [0.15, 0.2) is 22.2 Å². The Morgan fingerprint density at radius 2 is 2.04 bits per heavy atom. The van der Waals surface area contributed by atoms with Crippen molar-refractivity contribution in [3.05, 3.63) is 22.6 Å². The molecule has 0 aliphatic heterocycles. The Morgan fingerprint density at radius 3 is 2.61 bits per heavy atom. The van der Waals surface area contributed by atoms with Crippen LogP contribution in [0.2, 0.25) is 25.7 Å². The molecule has 0 amide bonds. The highest BCUT2D eigenvalue weighted by molar-refractivity contribution is 7.98. The molecule has 7 nitrogen and oxygen atoms in total. The van der Waals surface area contributed by atoms with Crippen LogP contribution in [0.4, 0.5) is 0 Å². The van der Waals surface area contributed by atoms with Gasteiger partial charge in [-0.05, 0) is 12.3 Å². The van der Waals surface area contributed by atoms with E-state index in [1.165, 1.54) is 22.5 Å². The molecule has 0 atom stereocenters. The number of thioether (sulfide) groups is 1. The van der Waals surface area contributed by atoms with Crippen LogP contribution in [0, 0.1) is 0 Å². The number of nitrogens with zero attached hydrogens (tertiary/aromatic N) is 5. The Kier molecular flexibility index (Phi) is 5.77. The summed E-state index contributed by atoms with van der Waals surface area (Å²) in [6.45, 7) is 7.71. The van der Waals surface area contributed by atoms with Gasteiger partial charge in [0.25, 0.3) is 5.56 Å². The summed E-state index contributed by atoms with van der Waals surface area (Å²) in [5.74, 6) is 0.630. The first-order chi connectivity index (χ1) is 10.8. The van der Waals surface area contributed by atoms with Gasteiger partial charge in [0.05, 0.1) is 6.20 Å². The van der Waals surface area contributed by atoms with Crippen LogP contribution in [0.25, 0.3) is 11.4 Å². The minimum absolute atomic E-state index is 0.179. The molecule has 0 saturated carbocycles. The van der Waals surface area contributed by atoms with E-state index in [4.69, 9.17) is 4.74 Å². The molecule has 2 heterocycles. The zero-order valence-corrected chi connectivity index (χ0v) is 16.1. The average Bonchev–Trinajstić information content (AvgIpc) is 2.84. The Balaban J connectivity index is 2.06. The predicted octanol–water partition coefficient (Wildman–Crippen LogP) is 2.07. The third kappa shape index (κ3) is 4.76. The SMILES string of the molecule is CSc1nnc(-c2cnn(COCC[Si](C)(C)C)c(=O)c2)n1C. The summed E-state index contributed by atoms with van der Waals surface area (Å²) in [6, 6.07) is 2.58. The largest absolute Gasteiger partial charge is 0.359 e. The lowest BCUT2D eigenvalue weighted by Gasteiger charge is -2.15. The zero-order chi connectivity index (χ0) is 17.0. The molecule has 0 aliphatic carbocycles. The summed E-state index contributed by atoms with van der Waals surface area (Å²) in [5.41, 5.74) is 0.452. The molecule has 0 unspecified atom stereocenters. The zero-order valence-electron chi connectivity index (χ0n) is 14.2. The van der Waals surface area contributed by atoms with Crippen molar-refractivity contribution >= 4 is 19.8 Å². The predicted molar refractivity (Wildman–Crippen MR) is 94.4 cm³/mol. The van der Waals surface area contributed by atoms with E-state index in [-0.39, 0.29) is 12.3 Å². The summed E-state index contributed by atoms with van der Waals surface area (Å²) in [6.07, 6.45) is 3.55. The van der Waals surface area contributed by atoms with Gasteiger partial charge in [0.1, 0.15) is 6.73 Å². The number of rotatable bonds is 7. The number of hydrogen-bond donors (Lipinski definition) is 0. The molecule has 0 fully saturated rings. The molecule has 0 spiro atoms. The molecular formula is C14H23N5O2SSi. The highest BCUT2D eigenvalue weighted by Crippen LogP contribution is 2.19. The van der Waals surface area contributed by atoms with Gasteiger partial charge in [-0.2, -0.15) is 5.10 Å². The van der Waals surface area contributed by atoms with Crippen molar-refractivity contribution in [2.45, 2.75) is 37.6 Å². The molecule has 0 saturated heterocycles. The van der Waals surface area contributed by atoms with Crippen molar-refractivity contribution in [2.24, 2.45) is 7.05 Å². The van der Waals surface area contributed by atoms with E-state index >= 15 is 0 Å². The maximum absolute atomic E-state index is 12.2. The van der Waals surface area contributed by atoms with Crippen molar-refractivity contribution in [1.82, 2.24) is 24.5 Å². The van der Waals surface area contributed by atoms with E-state index in [1.54, 1.807) is 6.20 Å². The minimum Gasteiger partial charge on any atom is -0.359 e. The fourth-order valence-corrected chi connectivity index (χ4v) is 3.17. The lowest BCUT2D eigenvalue weighted by atomic mass is 10.3. The molecule has 0 N–H and O–H groups in total. The molecule has 2 rings (SSSR count). The smallest absolute Gasteiger partial charge is 0.269 e.